The Kier molecular flexibility index (Phi) is 10.2. The number of benzene rings is 2. The van der Waals surface area contributed by atoms with Crippen LogP contribution in [-0.4, -0.2) is 27.6 Å². The van der Waals surface area contributed by atoms with Crippen molar-refractivity contribution in [3.63, 3.8) is 0 Å². The van der Waals surface area contributed by atoms with Gasteiger partial charge in [-0.1, -0.05) is 60.3 Å². The summed E-state index contributed by atoms with van der Waals surface area (Å²) >= 11 is 0. The molecule has 2 atom stereocenters. The van der Waals surface area contributed by atoms with Gasteiger partial charge >= 0.3 is 0 Å². The van der Waals surface area contributed by atoms with Crippen molar-refractivity contribution < 1.29 is 47.3 Å². The van der Waals surface area contributed by atoms with E-state index < -0.39 is 5.60 Å². The first-order valence-corrected chi connectivity index (χ1v) is 10.9. The molecule has 2 unspecified atom stereocenters. The van der Waals surface area contributed by atoms with Crippen molar-refractivity contribution in [2.24, 2.45) is 0 Å². The van der Waals surface area contributed by atoms with Crippen molar-refractivity contribution in [1.82, 2.24) is 10.3 Å². The number of pyridine rings is 1. The normalized spacial score (nSPS) is 12.9. The molecule has 0 aliphatic heterocycles. The van der Waals surface area contributed by atoms with Crippen LogP contribution < -0.4 is 10.1 Å². The number of carbonyl (C=O) groups is 1. The maximum atomic E-state index is 13.1. The number of rotatable bonds is 9. The number of hydrogen-bond donors (Lipinski definition) is 2. The van der Waals surface area contributed by atoms with Crippen LogP contribution in [0.15, 0.2) is 66.9 Å². The fraction of sp³-hybridized carbons (Fsp3) is 0.333. The number of nitrogens with one attached hydrogen (secondary N) is 1. The van der Waals surface area contributed by atoms with Crippen molar-refractivity contribution in [2.45, 2.75) is 58.3 Å². The molecule has 0 bridgehead atoms. The first kappa shape index (κ1) is 27.2. The number of aromatic nitrogens is 1. The van der Waals surface area contributed by atoms with Gasteiger partial charge in [0.05, 0.1) is 6.61 Å². The van der Waals surface area contributed by atoms with Crippen LogP contribution in [0.4, 0.5) is 0 Å². The van der Waals surface area contributed by atoms with E-state index in [9.17, 15) is 9.90 Å². The van der Waals surface area contributed by atoms with Crippen LogP contribution in [0.2, 0.25) is 0 Å². The Bertz CT molecular complexity index is 1020. The van der Waals surface area contributed by atoms with Crippen LogP contribution in [0, 0.1) is 13.0 Å². The fourth-order valence-corrected chi connectivity index (χ4v) is 3.67. The van der Waals surface area contributed by atoms with E-state index in [1.54, 1.807) is 26.0 Å². The molecule has 1 aromatic heterocycles. The van der Waals surface area contributed by atoms with Crippen LogP contribution in [-0.2, 0) is 50.5 Å². The molecule has 0 saturated heterocycles. The van der Waals surface area contributed by atoms with Gasteiger partial charge in [0.2, 0.25) is 0 Å². The quantitative estimate of drug-likeness (QED) is 0.412. The van der Waals surface area contributed by atoms with Gasteiger partial charge in [-0.05, 0) is 50.8 Å². The molecule has 2 N–H and O–H groups in total. The number of nitrogens with zero attached hydrogens (tertiary/aromatic N) is 1. The Balaban J connectivity index is 0.00000385. The Labute approximate surface area is 221 Å². The number of aliphatic hydroxyl groups excluding tert-OH is 1. The summed E-state index contributed by atoms with van der Waals surface area (Å²) < 4.78 is 5.85. The molecular formula is C27H31N2O3Y-. The average molecular weight is 520 g/mol. The zero-order valence-corrected chi connectivity index (χ0v) is 22.5. The predicted octanol–water partition coefficient (Wildman–Crippen LogP) is 4.37. The van der Waals surface area contributed by atoms with E-state index in [0.717, 1.165) is 17.5 Å². The number of ether oxygens (including phenoxy) is 1. The molecule has 6 heteroatoms. The van der Waals surface area contributed by atoms with Gasteiger partial charge in [-0.25, -0.2) is 12.1 Å². The van der Waals surface area contributed by atoms with Gasteiger partial charge < -0.3 is 15.2 Å². The topological polar surface area (TPSA) is 71.5 Å². The third kappa shape index (κ3) is 7.73. The first-order valence-electron chi connectivity index (χ1n) is 10.9. The molecule has 33 heavy (non-hydrogen) atoms. The summed E-state index contributed by atoms with van der Waals surface area (Å²) in [6, 6.07) is 22.4. The number of aliphatic hydroxyl groups is 1. The van der Waals surface area contributed by atoms with Crippen molar-refractivity contribution in [3.8, 4) is 5.88 Å². The molecule has 5 nitrogen and oxygen atoms in total. The minimum atomic E-state index is -1.08. The van der Waals surface area contributed by atoms with Gasteiger partial charge in [-0.15, -0.1) is 6.07 Å². The van der Waals surface area contributed by atoms with E-state index in [2.05, 4.69) is 41.5 Å². The standard InChI is InChI=1S/C27H31N2O3.Y/c1-19-8-7-9-23(16-19)24(17-21-11-13-22(18-30)14-12-21)20(2)29-26(31)27(3,4)32-25-10-5-6-15-28-25;/h5,7-16,20,24,30H,17-18H2,1-4H3,(H,29,31);/q-1;. The molecule has 1 heterocycles. The van der Waals surface area contributed by atoms with Gasteiger partial charge in [0.1, 0.15) is 5.88 Å². The van der Waals surface area contributed by atoms with Gasteiger partial charge in [0.15, 0.2) is 5.60 Å². The van der Waals surface area contributed by atoms with E-state index in [0.29, 0.717) is 5.88 Å². The number of aryl methyl sites for hydroxylation is 1. The van der Waals surface area contributed by atoms with Crippen molar-refractivity contribution in [2.75, 3.05) is 0 Å². The third-order valence-corrected chi connectivity index (χ3v) is 5.59. The summed E-state index contributed by atoms with van der Waals surface area (Å²) in [5.41, 5.74) is 3.30. The van der Waals surface area contributed by atoms with Gasteiger partial charge in [-0.3, -0.25) is 9.78 Å². The van der Waals surface area contributed by atoms with Crippen molar-refractivity contribution >= 4 is 5.91 Å². The zero-order valence-electron chi connectivity index (χ0n) is 19.7. The second-order valence-electron chi connectivity index (χ2n) is 8.67. The first-order chi connectivity index (χ1) is 15.3. The van der Waals surface area contributed by atoms with Gasteiger partial charge in [0, 0.05) is 44.7 Å². The SMILES string of the molecule is Cc1cccc(C(Cc2ccc(CO)cc2)C(C)NC(=O)C(C)(C)Oc2cc[c-]cn2)c1.[Y]. The van der Waals surface area contributed by atoms with Crippen LogP contribution >= 0.6 is 0 Å². The maximum absolute atomic E-state index is 13.1. The van der Waals surface area contributed by atoms with Crippen LogP contribution in [0.5, 0.6) is 5.88 Å². The second kappa shape index (κ2) is 12.4. The maximum Gasteiger partial charge on any atom is 0.263 e. The molecule has 0 aliphatic rings. The second-order valence-corrected chi connectivity index (χ2v) is 8.67. The van der Waals surface area contributed by atoms with E-state index in [1.807, 2.05) is 37.3 Å². The van der Waals surface area contributed by atoms with E-state index in [4.69, 9.17) is 4.74 Å². The van der Waals surface area contributed by atoms with E-state index in [-0.39, 0.29) is 57.2 Å². The molecule has 0 aliphatic carbocycles. The Morgan fingerprint density at radius 2 is 1.85 bits per heavy atom. The van der Waals surface area contributed by atoms with Crippen LogP contribution in [0.3, 0.4) is 0 Å². The Hall–Kier alpha value is -2.08. The summed E-state index contributed by atoms with van der Waals surface area (Å²) in [5, 5.41) is 12.5. The molecule has 0 fully saturated rings. The molecule has 1 radical (unpaired) electrons. The van der Waals surface area contributed by atoms with E-state index >= 15 is 0 Å². The van der Waals surface area contributed by atoms with Crippen LogP contribution in [0.25, 0.3) is 0 Å². The zero-order chi connectivity index (χ0) is 23.1. The number of hydrogen-bond acceptors (Lipinski definition) is 4. The summed E-state index contributed by atoms with van der Waals surface area (Å²) in [6.07, 6.45) is 2.27. The third-order valence-electron chi connectivity index (χ3n) is 5.59. The largest absolute Gasteiger partial charge is 0.478 e. The van der Waals surface area contributed by atoms with Gasteiger partial charge in [0.25, 0.3) is 5.91 Å². The van der Waals surface area contributed by atoms with Crippen LogP contribution in [0.1, 0.15) is 48.9 Å². The molecular weight excluding hydrogens is 489 g/mol. The van der Waals surface area contributed by atoms with E-state index in [1.165, 1.54) is 17.3 Å². The van der Waals surface area contributed by atoms with Crippen molar-refractivity contribution in [3.05, 3.63) is 95.2 Å². The number of amides is 1. The average Bonchev–Trinajstić information content (AvgIpc) is 2.78. The summed E-state index contributed by atoms with van der Waals surface area (Å²) in [7, 11) is 0. The van der Waals surface area contributed by atoms with Gasteiger partial charge in [-0.2, -0.15) is 0 Å². The molecule has 0 spiro atoms. The predicted molar refractivity (Wildman–Crippen MR) is 125 cm³/mol. The molecule has 3 aromatic rings. The summed E-state index contributed by atoms with van der Waals surface area (Å²) in [6.45, 7) is 7.60. The molecule has 2 aromatic carbocycles. The summed E-state index contributed by atoms with van der Waals surface area (Å²) in [5.74, 6) is 0.253. The Morgan fingerprint density at radius 3 is 2.45 bits per heavy atom. The Morgan fingerprint density at radius 1 is 1.15 bits per heavy atom. The fourth-order valence-electron chi connectivity index (χ4n) is 3.67. The minimum absolute atomic E-state index is 0. The van der Waals surface area contributed by atoms with Crippen molar-refractivity contribution in [1.29, 1.82) is 0 Å². The molecule has 171 valence electrons. The summed E-state index contributed by atoms with van der Waals surface area (Å²) in [4.78, 5) is 17.2. The molecule has 1 amide bonds. The minimum Gasteiger partial charge on any atom is -0.478 e. The number of carbonyl (C=O) groups excluding carboxylic acids is 1. The molecule has 0 saturated carbocycles. The molecule has 3 rings (SSSR count). The smallest absolute Gasteiger partial charge is 0.263 e. The monoisotopic (exact) mass is 520 g/mol.